The van der Waals surface area contributed by atoms with Gasteiger partial charge in [0.2, 0.25) is 0 Å². The van der Waals surface area contributed by atoms with Crippen LogP contribution in [-0.2, 0) is 14.2 Å². The third kappa shape index (κ3) is 8.81. The average molecular weight is 217 g/mol. The first-order valence-corrected chi connectivity index (χ1v) is 5.94. The summed E-state index contributed by atoms with van der Waals surface area (Å²) >= 11 is 0. The first-order chi connectivity index (χ1) is 7.50. The molecule has 0 unspecified atom stereocenters. The topological polar surface area (TPSA) is 39.7 Å². The lowest BCUT2D eigenvalue weighted by atomic mass is 10.4. The summed E-state index contributed by atoms with van der Waals surface area (Å²) in [5.74, 6) is 0. The zero-order chi connectivity index (χ0) is 10.6. The van der Waals surface area contributed by atoms with Crippen molar-refractivity contribution < 1.29 is 14.2 Å². The molecule has 3 saturated heterocycles. The fraction of sp³-hybridized carbons (Fsp3) is 1.00. The van der Waals surface area contributed by atoms with Crippen LogP contribution in [0.15, 0.2) is 0 Å². The summed E-state index contributed by atoms with van der Waals surface area (Å²) in [5, 5.41) is 3.22. The van der Waals surface area contributed by atoms with E-state index in [2.05, 4.69) is 5.32 Å². The van der Waals surface area contributed by atoms with Crippen molar-refractivity contribution in [2.24, 2.45) is 0 Å². The molecule has 0 aromatic carbocycles. The number of hydrogen-bond acceptors (Lipinski definition) is 4. The average Bonchev–Trinajstić information content (AvgIpc) is 3.09. The van der Waals surface area contributed by atoms with Gasteiger partial charge in [-0.15, -0.1) is 0 Å². The van der Waals surface area contributed by atoms with Gasteiger partial charge in [0.15, 0.2) is 0 Å². The molecule has 4 nitrogen and oxygen atoms in total. The first kappa shape index (κ1) is 12.9. The predicted molar refractivity (Wildman–Crippen MR) is 58.9 cm³/mol. The molecule has 0 radical (unpaired) electrons. The van der Waals surface area contributed by atoms with Gasteiger partial charge in [0.25, 0.3) is 0 Å². The number of rotatable bonds is 0. The van der Waals surface area contributed by atoms with E-state index < -0.39 is 0 Å². The largest absolute Gasteiger partial charge is 0.381 e. The molecule has 0 amide bonds. The summed E-state index contributed by atoms with van der Waals surface area (Å²) in [4.78, 5) is 0. The van der Waals surface area contributed by atoms with Gasteiger partial charge in [0.1, 0.15) is 6.79 Å². The van der Waals surface area contributed by atoms with Gasteiger partial charge in [-0.3, -0.25) is 0 Å². The van der Waals surface area contributed by atoms with Gasteiger partial charge in [-0.2, -0.15) is 0 Å². The number of nitrogens with one attached hydrogen (secondary N) is 1. The van der Waals surface area contributed by atoms with Crippen molar-refractivity contribution >= 4 is 0 Å². The highest BCUT2D eigenvalue weighted by atomic mass is 16.7. The standard InChI is InChI=1S/C4H9N.C4H8O.C3H6O2/c2*1-2-4-5-3-1;1-2-5-3-4-1/h5H,1-4H2;1-4H2;1-3H2. The quantitative estimate of drug-likeness (QED) is 0.661. The molecule has 0 atom stereocenters. The Morgan fingerprint density at radius 2 is 1.20 bits per heavy atom. The minimum absolute atomic E-state index is 0.500. The van der Waals surface area contributed by atoms with Crippen molar-refractivity contribution in [2.45, 2.75) is 25.7 Å². The van der Waals surface area contributed by atoms with Crippen LogP contribution < -0.4 is 5.32 Å². The summed E-state index contributed by atoms with van der Waals surface area (Å²) in [7, 11) is 0. The van der Waals surface area contributed by atoms with E-state index in [1.807, 2.05) is 0 Å². The molecule has 0 spiro atoms. The molecular weight excluding hydrogens is 194 g/mol. The van der Waals surface area contributed by atoms with Crippen LogP contribution in [0.1, 0.15) is 25.7 Å². The number of ether oxygens (including phenoxy) is 3. The van der Waals surface area contributed by atoms with E-state index in [1.165, 1.54) is 38.8 Å². The Morgan fingerprint density at radius 3 is 1.40 bits per heavy atom. The Labute approximate surface area is 92.3 Å². The molecular formula is C11H23NO3. The van der Waals surface area contributed by atoms with E-state index in [4.69, 9.17) is 14.2 Å². The van der Waals surface area contributed by atoms with Crippen molar-refractivity contribution in [3.63, 3.8) is 0 Å². The van der Waals surface area contributed by atoms with Crippen LogP contribution in [0.5, 0.6) is 0 Å². The van der Waals surface area contributed by atoms with E-state index in [0.29, 0.717) is 6.79 Å². The SMILES string of the molecule is C1CCNC1.C1CCOC1.C1COCO1. The van der Waals surface area contributed by atoms with Crippen molar-refractivity contribution in [1.82, 2.24) is 5.32 Å². The van der Waals surface area contributed by atoms with Gasteiger partial charge in [-0.1, -0.05) is 0 Å². The lowest BCUT2D eigenvalue weighted by Gasteiger charge is -1.76. The molecule has 0 saturated carbocycles. The smallest absolute Gasteiger partial charge is 0.146 e. The second kappa shape index (κ2) is 10.4. The highest BCUT2D eigenvalue weighted by Gasteiger charge is 1.95. The van der Waals surface area contributed by atoms with Crippen molar-refractivity contribution in [3.8, 4) is 0 Å². The molecule has 0 bridgehead atoms. The van der Waals surface area contributed by atoms with Crippen LogP contribution in [0.3, 0.4) is 0 Å². The van der Waals surface area contributed by atoms with Gasteiger partial charge >= 0.3 is 0 Å². The van der Waals surface area contributed by atoms with E-state index in [0.717, 1.165) is 26.4 Å². The van der Waals surface area contributed by atoms with E-state index in [-0.39, 0.29) is 0 Å². The molecule has 0 aromatic heterocycles. The second-order valence-electron chi connectivity index (χ2n) is 3.71. The van der Waals surface area contributed by atoms with Crippen LogP contribution in [0, 0.1) is 0 Å². The lowest BCUT2D eigenvalue weighted by Crippen LogP contribution is -2.03. The third-order valence-corrected chi connectivity index (χ3v) is 2.32. The molecule has 3 fully saturated rings. The van der Waals surface area contributed by atoms with Gasteiger partial charge in [0, 0.05) is 13.2 Å². The van der Waals surface area contributed by atoms with Crippen LogP contribution in [0.2, 0.25) is 0 Å². The van der Waals surface area contributed by atoms with Crippen LogP contribution in [0.4, 0.5) is 0 Å². The first-order valence-electron chi connectivity index (χ1n) is 5.94. The highest BCUT2D eigenvalue weighted by molar-refractivity contribution is 4.55. The molecule has 0 aromatic rings. The maximum atomic E-state index is 4.94. The normalized spacial score (nSPS) is 24.0. The maximum Gasteiger partial charge on any atom is 0.146 e. The maximum absolute atomic E-state index is 4.94. The van der Waals surface area contributed by atoms with Crippen molar-refractivity contribution in [3.05, 3.63) is 0 Å². The monoisotopic (exact) mass is 217 g/mol. The van der Waals surface area contributed by atoms with E-state index in [9.17, 15) is 0 Å². The van der Waals surface area contributed by atoms with Gasteiger partial charge in [-0.05, 0) is 38.8 Å². The van der Waals surface area contributed by atoms with Gasteiger partial charge in [0.05, 0.1) is 13.2 Å². The van der Waals surface area contributed by atoms with E-state index >= 15 is 0 Å². The summed E-state index contributed by atoms with van der Waals surface area (Å²) in [6, 6.07) is 0. The van der Waals surface area contributed by atoms with Crippen LogP contribution in [-0.4, -0.2) is 46.3 Å². The molecule has 3 rings (SSSR count). The van der Waals surface area contributed by atoms with Gasteiger partial charge in [-0.25, -0.2) is 0 Å². The fourth-order valence-electron chi connectivity index (χ4n) is 1.43. The Hall–Kier alpha value is -0.160. The molecule has 1 N–H and O–H groups in total. The summed E-state index contributed by atoms with van der Waals surface area (Å²) in [6.45, 7) is 6.56. The highest BCUT2D eigenvalue weighted by Crippen LogP contribution is 1.98. The Balaban J connectivity index is 0.000000112. The molecule has 90 valence electrons. The minimum atomic E-state index is 0.500. The minimum Gasteiger partial charge on any atom is -0.381 e. The van der Waals surface area contributed by atoms with Gasteiger partial charge < -0.3 is 19.5 Å². The summed E-state index contributed by atoms with van der Waals surface area (Å²) in [5.41, 5.74) is 0. The third-order valence-electron chi connectivity index (χ3n) is 2.32. The molecule has 3 aliphatic heterocycles. The Bertz CT molecular complexity index is 74.4. The molecule has 0 aliphatic carbocycles. The lowest BCUT2D eigenvalue weighted by molar-refractivity contribution is 0.0692. The molecule has 3 aliphatic rings. The Kier molecular flexibility index (Phi) is 8.92. The van der Waals surface area contributed by atoms with Crippen LogP contribution >= 0.6 is 0 Å². The van der Waals surface area contributed by atoms with E-state index in [1.54, 1.807) is 0 Å². The predicted octanol–water partition coefficient (Wildman–Crippen LogP) is 1.16. The van der Waals surface area contributed by atoms with Crippen LogP contribution in [0.25, 0.3) is 0 Å². The molecule has 4 heteroatoms. The Morgan fingerprint density at radius 1 is 0.600 bits per heavy atom. The molecule has 3 heterocycles. The fourth-order valence-corrected chi connectivity index (χ4v) is 1.43. The zero-order valence-electron chi connectivity index (χ0n) is 9.50. The second-order valence-corrected chi connectivity index (χ2v) is 3.71. The number of hydrogen-bond donors (Lipinski definition) is 1. The summed E-state index contributed by atoms with van der Waals surface area (Å²) in [6.07, 6.45) is 5.33. The zero-order valence-corrected chi connectivity index (χ0v) is 9.50. The summed E-state index contributed by atoms with van der Waals surface area (Å²) < 4.78 is 14.4. The molecule has 15 heavy (non-hydrogen) atoms. The van der Waals surface area contributed by atoms with Crippen molar-refractivity contribution in [1.29, 1.82) is 0 Å². The van der Waals surface area contributed by atoms with Crippen molar-refractivity contribution in [2.75, 3.05) is 46.3 Å².